The first-order valence-corrected chi connectivity index (χ1v) is 5.85. The van der Waals surface area contributed by atoms with Crippen molar-refractivity contribution in [2.45, 2.75) is 6.42 Å². The monoisotopic (exact) mass is 304 g/mol. The molecule has 1 aromatic rings. The van der Waals surface area contributed by atoms with Crippen molar-refractivity contribution in [2.75, 3.05) is 13.0 Å². The summed E-state index contributed by atoms with van der Waals surface area (Å²) < 4.78 is 5.34. The molecule has 0 unspecified atom stereocenters. The zero-order valence-corrected chi connectivity index (χ0v) is 11.0. The summed E-state index contributed by atoms with van der Waals surface area (Å²) in [4.78, 5) is 22.5. The molecule has 86 valence electrons. The highest BCUT2D eigenvalue weighted by Gasteiger charge is 2.10. The van der Waals surface area contributed by atoms with Crippen molar-refractivity contribution in [3.8, 4) is 0 Å². The maximum absolute atomic E-state index is 11.3. The van der Waals surface area contributed by atoms with Gasteiger partial charge in [0.2, 0.25) is 0 Å². The highest BCUT2D eigenvalue weighted by Crippen LogP contribution is 2.17. The number of Topliss-reactive ketones (excluding diaryl/α,β-unsaturated/α-hetero) is 1. The number of benzene rings is 1. The van der Waals surface area contributed by atoms with Crippen LogP contribution in [0.1, 0.15) is 15.9 Å². The average molecular weight is 306 g/mol. The van der Waals surface area contributed by atoms with E-state index in [1.807, 2.05) is 0 Å². The Morgan fingerprint density at radius 2 is 2.06 bits per heavy atom. The van der Waals surface area contributed by atoms with Crippen LogP contribution >= 0.6 is 27.5 Å². The molecule has 0 aliphatic heterocycles. The van der Waals surface area contributed by atoms with Crippen LogP contribution in [-0.2, 0) is 16.0 Å². The summed E-state index contributed by atoms with van der Waals surface area (Å²) in [6.45, 7) is 0. The molecule has 0 bridgehead atoms. The molecule has 0 aliphatic carbocycles. The normalized spacial score (nSPS) is 9.94. The number of hydrogen-bond acceptors (Lipinski definition) is 3. The SMILES string of the molecule is COC(=O)c1cc(Br)cc(CC(=O)CCl)c1. The molecule has 0 N–H and O–H groups in total. The highest BCUT2D eigenvalue weighted by molar-refractivity contribution is 9.10. The molecular formula is C11H10BrClO3. The minimum atomic E-state index is -0.430. The fraction of sp³-hybridized carbons (Fsp3) is 0.273. The van der Waals surface area contributed by atoms with Crippen molar-refractivity contribution in [3.05, 3.63) is 33.8 Å². The van der Waals surface area contributed by atoms with Crippen molar-refractivity contribution >= 4 is 39.3 Å². The third-order valence-corrected chi connectivity index (χ3v) is 2.68. The van der Waals surface area contributed by atoms with Gasteiger partial charge in [0.05, 0.1) is 18.6 Å². The van der Waals surface area contributed by atoms with Crippen LogP contribution in [-0.4, -0.2) is 24.7 Å². The Labute approximate surface area is 107 Å². The first-order chi connectivity index (χ1) is 7.56. The summed E-state index contributed by atoms with van der Waals surface area (Å²) in [5, 5.41) is 0. The maximum atomic E-state index is 11.3. The minimum Gasteiger partial charge on any atom is -0.465 e. The van der Waals surface area contributed by atoms with E-state index in [9.17, 15) is 9.59 Å². The van der Waals surface area contributed by atoms with Gasteiger partial charge in [-0.25, -0.2) is 4.79 Å². The van der Waals surface area contributed by atoms with Gasteiger partial charge in [0.25, 0.3) is 0 Å². The molecule has 0 saturated heterocycles. The van der Waals surface area contributed by atoms with Gasteiger partial charge in [-0.2, -0.15) is 0 Å². The number of carbonyl (C=O) groups is 2. The van der Waals surface area contributed by atoms with Gasteiger partial charge < -0.3 is 4.74 Å². The number of ether oxygens (including phenoxy) is 1. The zero-order valence-electron chi connectivity index (χ0n) is 8.63. The fourth-order valence-electron chi connectivity index (χ4n) is 1.26. The molecule has 0 aliphatic rings. The Kier molecular flexibility index (Phi) is 4.96. The van der Waals surface area contributed by atoms with Crippen molar-refractivity contribution < 1.29 is 14.3 Å². The average Bonchev–Trinajstić information content (AvgIpc) is 2.27. The highest BCUT2D eigenvalue weighted by atomic mass is 79.9. The molecule has 16 heavy (non-hydrogen) atoms. The predicted octanol–water partition coefficient (Wildman–Crippen LogP) is 2.59. The van der Waals surface area contributed by atoms with Gasteiger partial charge in [-0.05, 0) is 23.8 Å². The number of alkyl halides is 1. The van der Waals surface area contributed by atoms with Crippen LogP contribution in [0.3, 0.4) is 0 Å². The van der Waals surface area contributed by atoms with Crippen molar-refractivity contribution in [1.29, 1.82) is 0 Å². The number of halogens is 2. The van der Waals surface area contributed by atoms with Gasteiger partial charge in [-0.3, -0.25) is 4.79 Å². The molecule has 0 fully saturated rings. The maximum Gasteiger partial charge on any atom is 0.337 e. The third kappa shape index (κ3) is 3.61. The first-order valence-electron chi connectivity index (χ1n) is 4.52. The second-order valence-corrected chi connectivity index (χ2v) is 4.37. The Balaban J connectivity index is 2.98. The molecule has 3 nitrogen and oxygen atoms in total. The molecule has 0 spiro atoms. The molecule has 5 heteroatoms. The van der Waals surface area contributed by atoms with Gasteiger partial charge in [0.15, 0.2) is 5.78 Å². The third-order valence-electron chi connectivity index (χ3n) is 1.93. The lowest BCUT2D eigenvalue weighted by Gasteiger charge is -2.04. The smallest absolute Gasteiger partial charge is 0.337 e. The summed E-state index contributed by atoms with van der Waals surface area (Å²) >= 11 is 8.69. The standard InChI is InChI=1S/C11H10BrClO3/c1-16-11(15)8-2-7(3-9(12)5-8)4-10(14)6-13/h2-3,5H,4,6H2,1H3. The molecule has 0 saturated carbocycles. The fourth-order valence-corrected chi connectivity index (χ4v) is 1.90. The molecule has 0 atom stereocenters. The van der Waals surface area contributed by atoms with Crippen molar-refractivity contribution in [3.63, 3.8) is 0 Å². The number of hydrogen-bond donors (Lipinski definition) is 0. The van der Waals surface area contributed by atoms with Gasteiger partial charge in [-0.1, -0.05) is 15.9 Å². The van der Waals surface area contributed by atoms with Crippen LogP contribution in [0.25, 0.3) is 0 Å². The summed E-state index contributed by atoms with van der Waals surface area (Å²) in [6.07, 6.45) is 0.215. The van der Waals surface area contributed by atoms with Crippen LogP contribution in [0.2, 0.25) is 0 Å². The van der Waals surface area contributed by atoms with Crippen LogP contribution in [0.15, 0.2) is 22.7 Å². The molecule has 0 heterocycles. The second-order valence-electron chi connectivity index (χ2n) is 3.19. The molecule has 0 aromatic heterocycles. The van der Waals surface area contributed by atoms with Crippen LogP contribution in [0.4, 0.5) is 0 Å². The predicted molar refractivity (Wildman–Crippen MR) is 64.9 cm³/mol. The van der Waals surface area contributed by atoms with E-state index in [1.54, 1.807) is 18.2 Å². The lowest BCUT2D eigenvalue weighted by Crippen LogP contribution is -2.06. The summed E-state index contributed by atoms with van der Waals surface area (Å²) in [5.41, 5.74) is 1.15. The number of methoxy groups -OCH3 is 1. The van der Waals surface area contributed by atoms with E-state index in [4.69, 9.17) is 11.6 Å². The van der Waals surface area contributed by atoms with Crippen LogP contribution in [0.5, 0.6) is 0 Å². The van der Waals surface area contributed by atoms with Gasteiger partial charge in [0.1, 0.15) is 0 Å². The lowest BCUT2D eigenvalue weighted by atomic mass is 10.1. The molecule has 1 rings (SSSR count). The van der Waals surface area contributed by atoms with E-state index < -0.39 is 5.97 Å². The minimum absolute atomic E-state index is 0.0277. The van der Waals surface area contributed by atoms with E-state index in [-0.39, 0.29) is 18.1 Å². The summed E-state index contributed by atoms with van der Waals surface area (Å²) in [5.74, 6) is -0.545. The quantitative estimate of drug-likeness (QED) is 0.634. The van der Waals surface area contributed by atoms with E-state index in [2.05, 4.69) is 20.7 Å². The number of esters is 1. The molecular weight excluding hydrogens is 295 g/mol. The number of carbonyl (C=O) groups excluding carboxylic acids is 2. The van der Waals surface area contributed by atoms with E-state index in [0.717, 1.165) is 10.0 Å². The van der Waals surface area contributed by atoms with Gasteiger partial charge in [-0.15, -0.1) is 11.6 Å². The number of ketones is 1. The molecule has 0 amide bonds. The Morgan fingerprint density at radius 1 is 1.38 bits per heavy atom. The van der Waals surface area contributed by atoms with Crippen molar-refractivity contribution in [1.82, 2.24) is 0 Å². The van der Waals surface area contributed by atoms with E-state index >= 15 is 0 Å². The van der Waals surface area contributed by atoms with Crippen LogP contribution in [0, 0.1) is 0 Å². The summed E-state index contributed by atoms with van der Waals surface area (Å²) in [6, 6.07) is 5.04. The number of rotatable bonds is 4. The van der Waals surface area contributed by atoms with Crippen LogP contribution < -0.4 is 0 Å². The van der Waals surface area contributed by atoms with Crippen molar-refractivity contribution in [2.24, 2.45) is 0 Å². The Morgan fingerprint density at radius 3 is 2.62 bits per heavy atom. The lowest BCUT2D eigenvalue weighted by molar-refractivity contribution is -0.116. The second kappa shape index (κ2) is 6.01. The first kappa shape index (κ1) is 13.2. The molecule has 0 radical (unpaired) electrons. The van der Waals surface area contributed by atoms with E-state index in [0.29, 0.717) is 5.56 Å². The Hall–Kier alpha value is -0.870. The largest absolute Gasteiger partial charge is 0.465 e. The zero-order chi connectivity index (χ0) is 12.1. The summed E-state index contributed by atoms with van der Waals surface area (Å²) in [7, 11) is 1.31. The van der Waals surface area contributed by atoms with Gasteiger partial charge >= 0.3 is 5.97 Å². The molecule has 1 aromatic carbocycles. The Bertz CT molecular complexity index is 418. The topological polar surface area (TPSA) is 43.4 Å². The van der Waals surface area contributed by atoms with E-state index in [1.165, 1.54) is 7.11 Å². The van der Waals surface area contributed by atoms with Gasteiger partial charge in [0, 0.05) is 10.9 Å².